The van der Waals surface area contributed by atoms with Crippen LogP contribution in [0.15, 0.2) is 0 Å². The summed E-state index contributed by atoms with van der Waals surface area (Å²) in [5.74, 6) is 0.465. The molecule has 4 nitrogen and oxygen atoms in total. The van der Waals surface area contributed by atoms with Gasteiger partial charge in [0, 0.05) is 13.2 Å². The van der Waals surface area contributed by atoms with Crippen molar-refractivity contribution in [2.24, 2.45) is 5.92 Å². The van der Waals surface area contributed by atoms with E-state index >= 15 is 0 Å². The van der Waals surface area contributed by atoms with Crippen LogP contribution >= 0.6 is 0 Å². The summed E-state index contributed by atoms with van der Waals surface area (Å²) in [6.07, 6.45) is 5.36. The summed E-state index contributed by atoms with van der Waals surface area (Å²) in [5, 5.41) is 12.5. The molecular weight excluding hydrogens is 206 g/mol. The van der Waals surface area contributed by atoms with Crippen molar-refractivity contribution in [3.05, 3.63) is 0 Å². The van der Waals surface area contributed by atoms with Crippen LogP contribution in [0.25, 0.3) is 0 Å². The normalized spacial score (nSPS) is 34.9. The number of amides is 1. The third-order valence-electron chi connectivity index (χ3n) is 3.54. The van der Waals surface area contributed by atoms with Crippen LogP contribution in [-0.2, 0) is 9.53 Å². The molecule has 4 heteroatoms. The smallest absolute Gasteiger partial charge is 0.249 e. The van der Waals surface area contributed by atoms with E-state index < -0.39 is 0 Å². The highest BCUT2D eigenvalue weighted by Gasteiger charge is 2.25. The molecule has 16 heavy (non-hydrogen) atoms. The second kappa shape index (κ2) is 5.64. The predicted octanol–water partition coefficient (Wildman–Crippen LogP) is 0.833. The van der Waals surface area contributed by atoms with E-state index in [9.17, 15) is 9.90 Å². The van der Waals surface area contributed by atoms with Crippen molar-refractivity contribution in [2.75, 3.05) is 13.2 Å². The molecule has 1 aliphatic carbocycles. The van der Waals surface area contributed by atoms with Gasteiger partial charge in [0.05, 0.1) is 6.10 Å². The molecule has 2 N–H and O–H groups in total. The SMILES string of the molecule is O=C(NCC1CCCC(O)C1)C1CCCO1. The Labute approximate surface area is 96.4 Å². The Bertz CT molecular complexity index is 238. The monoisotopic (exact) mass is 227 g/mol. The quantitative estimate of drug-likeness (QED) is 0.751. The average Bonchev–Trinajstić information content (AvgIpc) is 2.79. The Morgan fingerprint density at radius 2 is 2.19 bits per heavy atom. The van der Waals surface area contributed by atoms with Gasteiger partial charge in [-0.25, -0.2) is 0 Å². The van der Waals surface area contributed by atoms with Gasteiger partial charge in [-0.2, -0.15) is 0 Å². The van der Waals surface area contributed by atoms with Crippen molar-refractivity contribution in [1.29, 1.82) is 0 Å². The van der Waals surface area contributed by atoms with E-state index in [-0.39, 0.29) is 18.1 Å². The number of carbonyl (C=O) groups is 1. The Hall–Kier alpha value is -0.610. The first kappa shape index (κ1) is 11.9. The molecule has 0 radical (unpaired) electrons. The fourth-order valence-corrected chi connectivity index (χ4v) is 2.59. The van der Waals surface area contributed by atoms with Crippen molar-refractivity contribution in [3.8, 4) is 0 Å². The molecule has 0 bridgehead atoms. The summed E-state index contributed by atoms with van der Waals surface area (Å²) in [6.45, 7) is 1.40. The number of aliphatic hydroxyl groups excluding tert-OH is 1. The van der Waals surface area contributed by atoms with Gasteiger partial charge in [0.1, 0.15) is 6.10 Å². The third-order valence-corrected chi connectivity index (χ3v) is 3.54. The second-order valence-electron chi connectivity index (χ2n) is 4.93. The predicted molar refractivity (Wildman–Crippen MR) is 59.9 cm³/mol. The van der Waals surface area contributed by atoms with Crippen LogP contribution in [0.3, 0.4) is 0 Å². The number of carbonyl (C=O) groups excluding carboxylic acids is 1. The number of hydrogen-bond acceptors (Lipinski definition) is 3. The van der Waals surface area contributed by atoms with Crippen LogP contribution in [0.5, 0.6) is 0 Å². The van der Waals surface area contributed by atoms with Crippen LogP contribution < -0.4 is 5.32 Å². The lowest BCUT2D eigenvalue weighted by molar-refractivity contribution is -0.130. The summed E-state index contributed by atoms with van der Waals surface area (Å²) in [7, 11) is 0. The minimum absolute atomic E-state index is 0.0255. The zero-order valence-electron chi connectivity index (χ0n) is 9.65. The maximum absolute atomic E-state index is 11.7. The van der Waals surface area contributed by atoms with Gasteiger partial charge in [-0.05, 0) is 38.0 Å². The summed E-state index contributed by atoms with van der Waals surface area (Å²) in [4.78, 5) is 11.7. The van der Waals surface area contributed by atoms with Gasteiger partial charge < -0.3 is 15.2 Å². The highest BCUT2D eigenvalue weighted by Crippen LogP contribution is 2.23. The highest BCUT2D eigenvalue weighted by atomic mass is 16.5. The van der Waals surface area contributed by atoms with E-state index in [1.54, 1.807) is 0 Å². The summed E-state index contributed by atoms with van der Waals surface area (Å²) in [5.41, 5.74) is 0. The van der Waals surface area contributed by atoms with Crippen molar-refractivity contribution < 1.29 is 14.6 Å². The Kier molecular flexibility index (Phi) is 4.18. The molecule has 3 unspecified atom stereocenters. The zero-order chi connectivity index (χ0) is 11.4. The molecule has 92 valence electrons. The van der Waals surface area contributed by atoms with Gasteiger partial charge in [-0.15, -0.1) is 0 Å². The minimum Gasteiger partial charge on any atom is -0.393 e. The Morgan fingerprint density at radius 1 is 1.31 bits per heavy atom. The maximum Gasteiger partial charge on any atom is 0.249 e. The van der Waals surface area contributed by atoms with Gasteiger partial charge >= 0.3 is 0 Å². The minimum atomic E-state index is -0.228. The summed E-state index contributed by atoms with van der Waals surface area (Å²) in [6, 6.07) is 0. The number of aliphatic hydroxyl groups is 1. The fourth-order valence-electron chi connectivity index (χ4n) is 2.59. The molecule has 2 aliphatic rings. The first-order chi connectivity index (χ1) is 7.75. The molecule has 2 fully saturated rings. The van der Waals surface area contributed by atoms with Gasteiger partial charge in [0.2, 0.25) is 5.91 Å². The van der Waals surface area contributed by atoms with Crippen LogP contribution in [-0.4, -0.2) is 36.4 Å². The van der Waals surface area contributed by atoms with Gasteiger partial charge in [0.25, 0.3) is 0 Å². The van der Waals surface area contributed by atoms with Crippen molar-refractivity contribution in [3.63, 3.8) is 0 Å². The van der Waals surface area contributed by atoms with E-state index in [0.29, 0.717) is 19.1 Å². The van der Waals surface area contributed by atoms with Crippen molar-refractivity contribution in [2.45, 2.75) is 50.7 Å². The molecule has 0 aromatic rings. The third kappa shape index (κ3) is 3.19. The van der Waals surface area contributed by atoms with Crippen LogP contribution in [0.4, 0.5) is 0 Å². The molecule has 1 amide bonds. The fraction of sp³-hybridized carbons (Fsp3) is 0.917. The molecule has 0 aromatic carbocycles. The van der Waals surface area contributed by atoms with Gasteiger partial charge in [-0.3, -0.25) is 4.79 Å². The topological polar surface area (TPSA) is 58.6 Å². The Balaban J connectivity index is 1.67. The van der Waals surface area contributed by atoms with E-state index in [4.69, 9.17) is 4.74 Å². The number of hydrogen-bond donors (Lipinski definition) is 2. The van der Waals surface area contributed by atoms with Crippen LogP contribution in [0.1, 0.15) is 38.5 Å². The largest absolute Gasteiger partial charge is 0.393 e. The number of rotatable bonds is 3. The number of ether oxygens (including phenoxy) is 1. The van der Waals surface area contributed by atoms with E-state index in [2.05, 4.69) is 5.32 Å². The first-order valence-corrected chi connectivity index (χ1v) is 6.33. The maximum atomic E-state index is 11.7. The molecule has 1 aliphatic heterocycles. The molecule has 0 spiro atoms. The first-order valence-electron chi connectivity index (χ1n) is 6.33. The van der Waals surface area contributed by atoms with E-state index in [1.165, 1.54) is 0 Å². The zero-order valence-corrected chi connectivity index (χ0v) is 9.65. The van der Waals surface area contributed by atoms with E-state index in [0.717, 1.165) is 38.5 Å². The summed E-state index contributed by atoms with van der Waals surface area (Å²) >= 11 is 0. The van der Waals surface area contributed by atoms with Crippen LogP contribution in [0, 0.1) is 5.92 Å². The van der Waals surface area contributed by atoms with Gasteiger partial charge in [-0.1, -0.05) is 6.42 Å². The van der Waals surface area contributed by atoms with Crippen LogP contribution in [0.2, 0.25) is 0 Å². The molecule has 1 saturated heterocycles. The van der Waals surface area contributed by atoms with Gasteiger partial charge in [0.15, 0.2) is 0 Å². The Morgan fingerprint density at radius 3 is 2.88 bits per heavy atom. The lowest BCUT2D eigenvalue weighted by atomic mass is 9.87. The summed E-state index contributed by atoms with van der Waals surface area (Å²) < 4.78 is 5.31. The van der Waals surface area contributed by atoms with E-state index in [1.807, 2.05) is 0 Å². The molecule has 2 rings (SSSR count). The molecular formula is C12H21NO3. The standard InChI is InChI=1S/C12H21NO3/c14-10-4-1-3-9(7-10)8-13-12(15)11-5-2-6-16-11/h9-11,14H,1-8H2,(H,13,15). The van der Waals surface area contributed by atoms with Crippen molar-refractivity contribution in [1.82, 2.24) is 5.32 Å². The average molecular weight is 227 g/mol. The molecule has 0 aromatic heterocycles. The lowest BCUT2D eigenvalue weighted by Crippen LogP contribution is -2.38. The molecule has 1 saturated carbocycles. The second-order valence-corrected chi connectivity index (χ2v) is 4.93. The molecule has 1 heterocycles. The lowest BCUT2D eigenvalue weighted by Gasteiger charge is -2.26. The molecule has 3 atom stereocenters. The van der Waals surface area contributed by atoms with Crippen molar-refractivity contribution >= 4 is 5.91 Å². The number of nitrogens with one attached hydrogen (secondary N) is 1. The highest BCUT2D eigenvalue weighted by molar-refractivity contribution is 5.80.